The number of imide groups is 1. The highest BCUT2D eigenvalue weighted by molar-refractivity contribution is 8.00. The molecule has 1 fully saturated rings. The SMILES string of the molecule is CC(Sc1ncc(-c2ccccc2)n1-c1ccccc1Cl)C(=O)N1CCNC1=O. The third-order valence-electron chi connectivity index (χ3n) is 4.65. The lowest BCUT2D eigenvalue weighted by molar-refractivity contribution is -0.126. The number of aromatic nitrogens is 2. The van der Waals surface area contributed by atoms with Gasteiger partial charge < -0.3 is 5.32 Å². The maximum absolute atomic E-state index is 12.7. The van der Waals surface area contributed by atoms with Gasteiger partial charge in [0.05, 0.1) is 27.9 Å². The van der Waals surface area contributed by atoms with Gasteiger partial charge in [-0.15, -0.1) is 0 Å². The molecule has 1 saturated heterocycles. The van der Waals surface area contributed by atoms with Crippen molar-refractivity contribution >= 4 is 35.3 Å². The molecule has 0 radical (unpaired) electrons. The predicted molar refractivity (Wildman–Crippen MR) is 114 cm³/mol. The van der Waals surface area contributed by atoms with Gasteiger partial charge in [0.1, 0.15) is 0 Å². The van der Waals surface area contributed by atoms with Crippen molar-refractivity contribution in [2.75, 3.05) is 13.1 Å². The van der Waals surface area contributed by atoms with Crippen LogP contribution in [0.25, 0.3) is 16.9 Å². The molecule has 1 aliphatic rings. The molecule has 1 atom stereocenters. The Bertz CT molecular complexity index is 1050. The fraction of sp³-hybridized carbons (Fsp3) is 0.190. The van der Waals surface area contributed by atoms with Crippen LogP contribution in [-0.2, 0) is 4.79 Å². The lowest BCUT2D eigenvalue weighted by Crippen LogP contribution is -2.39. The van der Waals surface area contributed by atoms with Gasteiger partial charge in [0, 0.05) is 18.7 Å². The molecule has 0 spiro atoms. The Kier molecular flexibility index (Phi) is 5.60. The number of rotatable bonds is 5. The number of nitrogens with zero attached hydrogens (tertiary/aromatic N) is 3. The lowest BCUT2D eigenvalue weighted by Gasteiger charge is -2.18. The maximum atomic E-state index is 12.7. The summed E-state index contributed by atoms with van der Waals surface area (Å²) in [4.78, 5) is 30.4. The van der Waals surface area contributed by atoms with E-state index >= 15 is 0 Å². The minimum absolute atomic E-state index is 0.236. The van der Waals surface area contributed by atoms with Crippen LogP contribution >= 0.6 is 23.4 Å². The summed E-state index contributed by atoms with van der Waals surface area (Å²) in [5.74, 6) is -0.236. The minimum atomic E-state index is -0.480. The van der Waals surface area contributed by atoms with Gasteiger partial charge in [-0.05, 0) is 19.1 Å². The van der Waals surface area contributed by atoms with Crippen LogP contribution in [0.2, 0.25) is 5.02 Å². The molecule has 2 heterocycles. The number of hydrogen-bond donors (Lipinski definition) is 1. The first kappa shape index (κ1) is 19.5. The molecule has 148 valence electrons. The van der Waals surface area contributed by atoms with Gasteiger partial charge in [-0.3, -0.25) is 14.3 Å². The van der Waals surface area contributed by atoms with Crippen LogP contribution in [0.4, 0.5) is 4.79 Å². The smallest absolute Gasteiger partial charge is 0.324 e. The van der Waals surface area contributed by atoms with Crippen molar-refractivity contribution in [2.24, 2.45) is 0 Å². The number of halogens is 1. The number of carbonyl (C=O) groups is 2. The first-order valence-corrected chi connectivity index (χ1v) is 10.5. The Balaban J connectivity index is 1.72. The van der Waals surface area contributed by atoms with Gasteiger partial charge in [-0.1, -0.05) is 65.8 Å². The van der Waals surface area contributed by atoms with Gasteiger partial charge >= 0.3 is 6.03 Å². The van der Waals surface area contributed by atoms with Gasteiger partial charge in [0.15, 0.2) is 5.16 Å². The van der Waals surface area contributed by atoms with E-state index in [-0.39, 0.29) is 11.9 Å². The van der Waals surface area contributed by atoms with Crippen LogP contribution in [0.1, 0.15) is 6.92 Å². The van der Waals surface area contributed by atoms with Crippen LogP contribution in [0.3, 0.4) is 0 Å². The maximum Gasteiger partial charge on any atom is 0.324 e. The van der Waals surface area contributed by atoms with Crippen molar-refractivity contribution in [1.82, 2.24) is 19.8 Å². The second-order valence-electron chi connectivity index (χ2n) is 6.56. The fourth-order valence-corrected chi connectivity index (χ4v) is 4.39. The second-order valence-corrected chi connectivity index (χ2v) is 8.28. The molecule has 29 heavy (non-hydrogen) atoms. The van der Waals surface area contributed by atoms with Gasteiger partial charge in [0.25, 0.3) is 0 Å². The first-order valence-electron chi connectivity index (χ1n) is 9.20. The van der Waals surface area contributed by atoms with Crippen molar-refractivity contribution in [3.8, 4) is 16.9 Å². The van der Waals surface area contributed by atoms with E-state index in [1.165, 1.54) is 16.7 Å². The van der Waals surface area contributed by atoms with Crippen molar-refractivity contribution in [2.45, 2.75) is 17.3 Å². The zero-order chi connectivity index (χ0) is 20.4. The van der Waals surface area contributed by atoms with Crippen LogP contribution in [0.5, 0.6) is 0 Å². The molecule has 1 unspecified atom stereocenters. The molecule has 0 bridgehead atoms. The van der Waals surface area contributed by atoms with Crippen LogP contribution in [-0.4, -0.2) is 44.7 Å². The highest BCUT2D eigenvalue weighted by Gasteiger charge is 2.31. The summed E-state index contributed by atoms with van der Waals surface area (Å²) < 4.78 is 1.95. The number of para-hydroxylation sites is 1. The molecule has 1 aliphatic heterocycles. The molecule has 1 aromatic heterocycles. The Morgan fingerprint density at radius 1 is 1.17 bits per heavy atom. The molecular weight excluding hydrogens is 408 g/mol. The first-order chi connectivity index (χ1) is 14.1. The molecule has 3 amide bonds. The highest BCUT2D eigenvalue weighted by atomic mass is 35.5. The molecule has 0 aliphatic carbocycles. The zero-order valence-corrected chi connectivity index (χ0v) is 17.3. The quantitative estimate of drug-likeness (QED) is 0.620. The van der Waals surface area contributed by atoms with E-state index < -0.39 is 5.25 Å². The van der Waals surface area contributed by atoms with E-state index in [1.807, 2.05) is 59.2 Å². The zero-order valence-electron chi connectivity index (χ0n) is 15.7. The van der Waals surface area contributed by atoms with Crippen molar-refractivity contribution in [3.05, 3.63) is 65.8 Å². The molecule has 3 aromatic rings. The third kappa shape index (κ3) is 3.88. The highest BCUT2D eigenvalue weighted by Crippen LogP contribution is 2.34. The van der Waals surface area contributed by atoms with Crippen molar-refractivity contribution in [3.63, 3.8) is 0 Å². The number of carbonyl (C=O) groups excluding carboxylic acids is 2. The molecule has 2 aromatic carbocycles. The predicted octanol–water partition coefficient (Wildman–Crippen LogP) is 4.23. The summed E-state index contributed by atoms with van der Waals surface area (Å²) in [5.41, 5.74) is 2.65. The average Bonchev–Trinajstić information content (AvgIpc) is 3.34. The summed E-state index contributed by atoms with van der Waals surface area (Å²) in [6.45, 7) is 2.65. The average molecular weight is 427 g/mol. The minimum Gasteiger partial charge on any atom is -0.336 e. The summed E-state index contributed by atoms with van der Waals surface area (Å²) in [7, 11) is 0. The topological polar surface area (TPSA) is 67.2 Å². The van der Waals surface area contributed by atoms with Crippen molar-refractivity contribution < 1.29 is 9.59 Å². The van der Waals surface area contributed by atoms with E-state index in [2.05, 4.69) is 10.3 Å². The summed E-state index contributed by atoms with van der Waals surface area (Å²) in [6, 6.07) is 17.1. The summed E-state index contributed by atoms with van der Waals surface area (Å²) >= 11 is 7.79. The largest absolute Gasteiger partial charge is 0.336 e. The van der Waals surface area contributed by atoms with Gasteiger partial charge in [-0.2, -0.15) is 0 Å². The standard InChI is InChI=1S/C21H19ClN4O2S/c1-14(19(27)25-12-11-23-20(25)28)29-21-24-13-18(15-7-3-2-4-8-15)26(21)17-10-6-5-9-16(17)22/h2-10,13-14H,11-12H2,1H3,(H,23,28). The number of urea groups is 1. The summed E-state index contributed by atoms with van der Waals surface area (Å²) in [5, 5.41) is 3.40. The number of hydrogen-bond acceptors (Lipinski definition) is 4. The molecule has 4 rings (SSSR count). The molecular formula is C21H19ClN4O2S. The van der Waals surface area contributed by atoms with Crippen LogP contribution < -0.4 is 5.32 Å². The Morgan fingerprint density at radius 3 is 2.59 bits per heavy atom. The summed E-state index contributed by atoms with van der Waals surface area (Å²) in [6.07, 6.45) is 1.78. The van der Waals surface area contributed by atoms with Crippen molar-refractivity contribution in [1.29, 1.82) is 0 Å². The normalized spacial score (nSPS) is 14.7. The van der Waals surface area contributed by atoms with Crippen LogP contribution in [0, 0.1) is 0 Å². The fourth-order valence-electron chi connectivity index (χ4n) is 3.21. The van der Waals surface area contributed by atoms with E-state index in [1.54, 1.807) is 13.1 Å². The monoisotopic (exact) mass is 426 g/mol. The number of amides is 3. The lowest BCUT2D eigenvalue weighted by atomic mass is 10.1. The number of benzene rings is 2. The number of thioether (sulfide) groups is 1. The van der Waals surface area contributed by atoms with E-state index in [4.69, 9.17) is 11.6 Å². The molecule has 6 nitrogen and oxygen atoms in total. The third-order valence-corrected chi connectivity index (χ3v) is 6.02. The number of nitrogens with one attached hydrogen (secondary N) is 1. The van der Waals surface area contributed by atoms with Crippen LogP contribution in [0.15, 0.2) is 66.0 Å². The second kappa shape index (κ2) is 8.31. The van der Waals surface area contributed by atoms with E-state index in [0.29, 0.717) is 23.3 Å². The molecule has 8 heteroatoms. The molecule has 0 saturated carbocycles. The van der Waals surface area contributed by atoms with E-state index in [0.717, 1.165) is 16.9 Å². The van der Waals surface area contributed by atoms with Gasteiger partial charge in [0.2, 0.25) is 5.91 Å². The Labute approximate surface area is 177 Å². The van der Waals surface area contributed by atoms with Gasteiger partial charge in [-0.25, -0.2) is 9.78 Å². The Hall–Kier alpha value is -2.77. The number of imidazole rings is 1. The molecule has 1 N–H and O–H groups in total. The van der Waals surface area contributed by atoms with E-state index in [9.17, 15) is 9.59 Å². The Morgan fingerprint density at radius 2 is 1.90 bits per heavy atom.